The highest BCUT2D eigenvalue weighted by molar-refractivity contribution is 5.28. The van der Waals surface area contributed by atoms with E-state index in [1.54, 1.807) is 0 Å². The molecule has 0 aliphatic heterocycles. The van der Waals surface area contributed by atoms with Crippen LogP contribution >= 0.6 is 0 Å². The molecule has 15 heavy (non-hydrogen) atoms. The number of benzene rings is 1. The van der Waals surface area contributed by atoms with Crippen molar-refractivity contribution in [3.05, 3.63) is 35.4 Å². The molecule has 0 N–H and O–H groups in total. The summed E-state index contributed by atoms with van der Waals surface area (Å²) in [6.07, 6.45) is 0. The first-order chi connectivity index (χ1) is 6.82. The van der Waals surface area contributed by atoms with Gasteiger partial charge in [0.1, 0.15) is 0 Å². The largest absolute Gasteiger partial charge is 0.303 e. The number of nitrogens with zero attached hydrogens (tertiary/aromatic N) is 1. The second-order valence-corrected chi connectivity index (χ2v) is 5.51. The number of hydrogen-bond acceptors (Lipinski definition) is 1. The molecule has 0 aliphatic rings. The predicted molar refractivity (Wildman–Crippen MR) is 67.2 cm³/mol. The van der Waals surface area contributed by atoms with Gasteiger partial charge in [-0.2, -0.15) is 0 Å². The molecule has 0 saturated carbocycles. The SMILES string of the molecule is CC(c1ccc(C(C)(C)C)cc1)N(C)C. The van der Waals surface area contributed by atoms with Gasteiger partial charge in [-0.3, -0.25) is 0 Å². The molecule has 1 heteroatoms. The fraction of sp³-hybridized carbons (Fsp3) is 0.571. The van der Waals surface area contributed by atoms with Crippen LogP contribution in [0.2, 0.25) is 0 Å². The molecular formula is C14H23N. The van der Waals surface area contributed by atoms with Crippen LogP contribution in [0.25, 0.3) is 0 Å². The second kappa shape index (κ2) is 4.36. The molecule has 0 saturated heterocycles. The molecule has 1 rings (SSSR count). The molecule has 0 heterocycles. The Balaban J connectivity index is 2.91. The van der Waals surface area contributed by atoms with Crippen LogP contribution in [-0.4, -0.2) is 19.0 Å². The van der Waals surface area contributed by atoms with Crippen LogP contribution in [0.15, 0.2) is 24.3 Å². The maximum atomic E-state index is 2.25. The Morgan fingerprint density at radius 3 is 1.80 bits per heavy atom. The van der Waals surface area contributed by atoms with Gasteiger partial charge in [-0.25, -0.2) is 0 Å². The first-order valence-electron chi connectivity index (χ1n) is 5.59. The van der Waals surface area contributed by atoms with Crippen molar-refractivity contribution in [2.45, 2.75) is 39.2 Å². The third-order valence-electron chi connectivity index (χ3n) is 3.03. The second-order valence-electron chi connectivity index (χ2n) is 5.51. The number of rotatable bonds is 2. The summed E-state index contributed by atoms with van der Waals surface area (Å²) in [4.78, 5) is 2.23. The van der Waals surface area contributed by atoms with Gasteiger partial charge in [0, 0.05) is 6.04 Å². The smallest absolute Gasteiger partial charge is 0.0313 e. The zero-order valence-electron chi connectivity index (χ0n) is 10.8. The summed E-state index contributed by atoms with van der Waals surface area (Å²) in [5.74, 6) is 0. The van der Waals surface area contributed by atoms with Crippen molar-refractivity contribution in [1.29, 1.82) is 0 Å². The maximum Gasteiger partial charge on any atom is 0.0313 e. The summed E-state index contributed by atoms with van der Waals surface area (Å²) in [6.45, 7) is 8.97. The van der Waals surface area contributed by atoms with Crippen molar-refractivity contribution in [3.8, 4) is 0 Å². The molecule has 0 aromatic heterocycles. The van der Waals surface area contributed by atoms with Gasteiger partial charge in [0.05, 0.1) is 0 Å². The third kappa shape index (κ3) is 3.07. The standard InChI is InChI=1S/C14H23N/c1-11(15(5)6)12-7-9-13(10-8-12)14(2,3)4/h7-11H,1-6H3. The molecule has 0 fully saturated rings. The Hall–Kier alpha value is -0.820. The average Bonchev–Trinajstić information content (AvgIpc) is 2.15. The number of hydrogen-bond donors (Lipinski definition) is 0. The van der Waals surface area contributed by atoms with E-state index < -0.39 is 0 Å². The Morgan fingerprint density at radius 2 is 1.47 bits per heavy atom. The topological polar surface area (TPSA) is 3.24 Å². The molecule has 1 atom stereocenters. The zero-order valence-corrected chi connectivity index (χ0v) is 10.8. The van der Waals surface area contributed by atoms with Crippen molar-refractivity contribution in [1.82, 2.24) is 4.90 Å². The Labute approximate surface area is 94.1 Å². The summed E-state index contributed by atoms with van der Waals surface area (Å²) in [5, 5.41) is 0. The summed E-state index contributed by atoms with van der Waals surface area (Å²) in [6, 6.07) is 9.46. The minimum Gasteiger partial charge on any atom is -0.303 e. The molecule has 84 valence electrons. The Bertz CT molecular complexity index is 303. The van der Waals surface area contributed by atoms with Gasteiger partial charge < -0.3 is 4.90 Å². The third-order valence-corrected chi connectivity index (χ3v) is 3.03. The molecule has 0 amide bonds. The van der Waals surface area contributed by atoms with Gasteiger partial charge >= 0.3 is 0 Å². The summed E-state index contributed by atoms with van der Waals surface area (Å²) in [7, 11) is 4.23. The lowest BCUT2D eigenvalue weighted by Crippen LogP contribution is -2.17. The van der Waals surface area contributed by atoms with Crippen LogP contribution in [0.3, 0.4) is 0 Å². The van der Waals surface area contributed by atoms with Crippen LogP contribution in [0.1, 0.15) is 44.9 Å². The average molecular weight is 205 g/mol. The monoisotopic (exact) mass is 205 g/mol. The van der Waals surface area contributed by atoms with Gasteiger partial charge in [0.15, 0.2) is 0 Å². The van der Waals surface area contributed by atoms with Crippen molar-refractivity contribution >= 4 is 0 Å². The lowest BCUT2D eigenvalue weighted by atomic mass is 9.86. The zero-order chi connectivity index (χ0) is 11.6. The van der Waals surface area contributed by atoms with Crippen LogP contribution in [-0.2, 0) is 5.41 Å². The van der Waals surface area contributed by atoms with Crippen LogP contribution in [0.4, 0.5) is 0 Å². The van der Waals surface area contributed by atoms with Gasteiger partial charge in [0.25, 0.3) is 0 Å². The molecule has 0 bridgehead atoms. The van der Waals surface area contributed by atoms with E-state index in [0.717, 1.165) is 0 Å². The fourth-order valence-corrected chi connectivity index (χ4v) is 1.56. The summed E-state index contributed by atoms with van der Waals surface area (Å²) in [5.41, 5.74) is 3.03. The summed E-state index contributed by atoms with van der Waals surface area (Å²) < 4.78 is 0. The Morgan fingerprint density at radius 1 is 1.00 bits per heavy atom. The molecular weight excluding hydrogens is 182 g/mol. The summed E-state index contributed by atoms with van der Waals surface area (Å²) >= 11 is 0. The molecule has 0 aliphatic carbocycles. The van der Waals surface area contributed by atoms with Crippen molar-refractivity contribution in [3.63, 3.8) is 0 Å². The highest BCUT2D eigenvalue weighted by atomic mass is 15.1. The molecule has 1 nitrogen and oxygen atoms in total. The van der Waals surface area contributed by atoms with Crippen molar-refractivity contribution in [2.75, 3.05) is 14.1 Å². The fourth-order valence-electron chi connectivity index (χ4n) is 1.56. The molecule has 1 unspecified atom stereocenters. The molecule has 0 spiro atoms. The lowest BCUT2D eigenvalue weighted by Gasteiger charge is -2.23. The van der Waals surface area contributed by atoms with E-state index in [1.807, 2.05) is 0 Å². The first kappa shape index (κ1) is 12.3. The van der Waals surface area contributed by atoms with Crippen LogP contribution in [0.5, 0.6) is 0 Å². The van der Waals surface area contributed by atoms with E-state index in [0.29, 0.717) is 6.04 Å². The predicted octanol–water partition coefficient (Wildman–Crippen LogP) is 3.61. The highest BCUT2D eigenvalue weighted by Crippen LogP contribution is 2.24. The van der Waals surface area contributed by atoms with E-state index in [4.69, 9.17) is 0 Å². The van der Waals surface area contributed by atoms with E-state index in [1.165, 1.54) is 11.1 Å². The van der Waals surface area contributed by atoms with E-state index in [-0.39, 0.29) is 5.41 Å². The highest BCUT2D eigenvalue weighted by Gasteiger charge is 2.14. The van der Waals surface area contributed by atoms with Gasteiger partial charge in [0.2, 0.25) is 0 Å². The normalized spacial score (nSPS) is 14.3. The molecule has 0 radical (unpaired) electrons. The Kier molecular flexibility index (Phi) is 3.56. The maximum absolute atomic E-state index is 2.25. The van der Waals surface area contributed by atoms with Crippen molar-refractivity contribution < 1.29 is 0 Å². The van der Waals surface area contributed by atoms with E-state index >= 15 is 0 Å². The van der Waals surface area contributed by atoms with Crippen LogP contribution < -0.4 is 0 Å². The van der Waals surface area contributed by atoms with Gasteiger partial charge in [-0.1, -0.05) is 45.0 Å². The van der Waals surface area contributed by atoms with E-state index in [9.17, 15) is 0 Å². The lowest BCUT2D eigenvalue weighted by molar-refractivity contribution is 0.321. The van der Waals surface area contributed by atoms with E-state index in [2.05, 4.69) is 71.0 Å². The van der Waals surface area contributed by atoms with Gasteiger partial charge in [-0.15, -0.1) is 0 Å². The molecule has 1 aromatic carbocycles. The minimum absolute atomic E-state index is 0.250. The van der Waals surface area contributed by atoms with Crippen LogP contribution in [0, 0.1) is 0 Å². The van der Waals surface area contributed by atoms with Crippen molar-refractivity contribution in [2.24, 2.45) is 0 Å². The van der Waals surface area contributed by atoms with Gasteiger partial charge in [-0.05, 0) is 37.6 Å². The quantitative estimate of drug-likeness (QED) is 0.713. The first-order valence-corrected chi connectivity index (χ1v) is 5.59. The molecule has 1 aromatic rings. The minimum atomic E-state index is 0.250.